The Labute approximate surface area is 307 Å². The Bertz CT molecular complexity index is 2070. The molecule has 4 heterocycles. The fraction of sp³-hybridized carbons (Fsp3) is 0.524. The van der Waals surface area contributed by atoms with Gasteiger partial charge in [-0.25, -0.2) is 22.5 Å². The number of imidazole rings is 1. The van der Waals surface area contributed by atoms with Crippen LogP contribution in [0.5, 0.6) is 0 Å². The zero-order valence-electron chi connectivity index (χ0n) is 30.8. The number of aromatic nitrogens is 2. The molecule has 8 nitrogen and oxygen atoms in total. The molecular formula is C42H52FN5O3S. The third-order valence-electron chi connectivity index (χ3n) is 13.1. The maximum atomic E-state index is 14.8. The summed E-state index contributed by atoms with van der Waals surface area (Å²) in [4.78, 5) is 23.9. The second-order valence-electron chi connectivity index (χ2n) is 16.1. The van der Waals surface area contributed by atoms with Gasteiger partial charge in [-0.3, -0.25) is 9.69 Å². The highest BCUT2D eigenvalue weighted by Crippen LogP contribution is 2.45. The summed E-state index contributed by atoms with van der Waals surface area (Å²) in [6.07, 6.45) is 10.7. The van der Waals surface area contributed by atoms with Crippen molar-refractivity contribution in [3.05, 3.63) is 94.6 Å². The Hall–Kier alpha value is -3.60. The Balaban J connectivity index is 0.990. The maximum Gasteiger partial charge on any atom is 0.254 e. The average Bonchev–Trinajstić information content (AvgIpc) is 3.81. The molecule has 8 rings (SSSR count). The number of amides is 1. The van der Waals surface area contributed by atoms with Gasteiger partial charge in [0.05, 0.1) is 15.9 Å². The third kappa shape index (κ3) is 6.49. The number of halogens is 1. The van der Waals surface area contributed by atoms with Crippen LogP contribution in [0.15, 0.2) is 65.6 Å². The highest BCUT2D eigenvalue weighted by molar-refractivity contribution is 7.89. The summed E-state index contributed by atoms with van der Waals surface area (Å²) in [5.41, 5.74) is 4.82. The molecule has 52 heavy (non-hydrogen) atoms. The van der Waals surface area contributed by atoms with Crippen LogP contribution in [-0.4, -0.2) is 71.4 Å². The number of piperidine rings is 2. The van der Waals surface area contributed by atoms with Crippen molar-refractivity contribution in [1.29, 1.82) is 0 Å². The van der Waals surface area contributed by atoms with E-state index in [9.17, 15) is 17.6 Å². The van der Waals surface area contributed by atoms with Gasteiger partial charge >= 0.3 is 0 Å². The van der Waals surface area contributed by atoms with E-state index < -0.39 is 10.0 Å². The lowest BCUT2D eigenvalue weighted by Gasteiger charge is -2.46. The standard InChI is InChI=1S/C42H52FN5O3S/c1-28-15-18-39(52(50,51)45-33-11-4-5-12-33)29(2)40(28)41(49)46-22-19-42(20-23-46,31-9-8-10-32(43)25-31)21-24-47-34-16-17-35(47)27-36(26-34)48-30(3)44-37-13-6-7-14-38(37)48/h6-10,13-15,18,25,33-36,45H,4-5,11-12,16-17,19-24,26-27H2,1-3H3/t34-,35+,36?. The molecule has 3 saturated heterocycles. The minimum absolute atomic E-state index is 0.0503. The Kier molecular flexibility index (Phi) is 9.53. The van der Waals surface area contributed by atoms with Gasteiger partial charge in [-0.1, -0.05) is 43.2 Å². The molecule has 1 unspecified atom stereocenters. The number of hydrogen-bond donors (Lipinski definition) is 1. The molecule has 1 N–H and O–H groups in total. The summed E-state index contributed by atoms with van der Waals surface area (Å²) in [7, 11) is -3.75. The molecule has 1 aromatic heterocycles. The molecule has 4 fully saturated rings. The summed E-state index contributed by atoms with van der Waals surface area (Å²) < 4.78 is 47.1. The first-order valence-corrected chi connectivity index (χ1v) is 20.9. The molecule has 1 saturated carbocycles. The molecule has 0 spiro atoms. The van der Waals surface area contributed by atoms with Crippen molar-refractivity contribution in [3.63, 3.8) is 0 Å². The first-order valence-electron chi connectivity index (χ1n) is 19.4. The molecule has 1 aliphatic carbocycles. The number of nitrogens with one attached hydrogen (secondary N) is 1. The Morgan fingerprint density at radius 1 is 0.904 bits per heavy atom. The van der Waals surface area contributed by atoms with E-state index in [0.717, 1.165) is 86.8 Å². The fourth-order valence-electron chi connectivity index (χ4n) is 10.4. The van der Waals surface area contributed by atoms with Crippen LogP contribution in [0.2, 0.25) is 0 Å². The van der Waals surface area contributed by atoms with Crippen molar-refractivity contribution in [2.75, 3.05) is 19.6 Å². The number of sulfonamides is 1. The van der Waals surface area contributed by atoms with Crippen molar-refractivity contribution in [3.8, 4) is 0 Å². The predicted molar refractivity (Wildman–Crippen MR) is 203 cm³/mol. The topological polar surface area (TPSA) is 87.5 Å². The van der Waals surface area contributed by atoms with Gasteiger partial charge in [-0.2, -0.15) is 0 Å². The van der Waals surface area contributed by atoms with E-state index in [1.807, 2.05) is 17.9 Å². The number of carbonyl (C=O) groups is 1. The average molecular weight is 726 g/mol. The van der Waals surface area contributed by atoms with E-state index in [-0.39, 0.29) is 28.1 Å². The molecule has 0 radical (unpaired) electrons. The monoisotopic (exact) mass is 725 g/mol. The highest BCUT2D eigenvalue weighted by atomic mass is 32.2. The molecule has 10 heteroatoms. The van der Waals surface area contributed by atoms with Gasteiger partial charge in [-0.05, 0) is 138 Å². The largest absolute Gasteiger partial charge is 0.339 e. The summed E-state index contributed by atoms with van der Waals surface area (Å²) in [5, 5.41) is 0. The number of nitrogens with zero attached hydrogens (tertiary/aromatic N) is 4. The molecule has 3 atom stereocenters. The first-order chi connectivity index (χ1) is 25.0. The summed E-state index contributed by atoms with van der Waals surface area (Å²) in [6, 6.07) is 20.4. The van der Waals surface area contributed by atoms with Crippen LogP contribution in [0.3, 0.4) is 0 Å². The van der Waals surface area contributed by atoms with E-state index in [2.05, 4.69) is 51.4 Å². The van der Waals surface area contributed by atoms with Crippen LogP contribution < -0.4 is 4.72 Å². The fourth-order valence-corrected chi connectivity index (χ4v) is 11.9. The van der Waals surface area contributed by atoms with Crippen molar-refractivity contribution < 1.29 is 17.6 Å². The van der Waals surface area contributed by atoms with Crippen LogP contribution >= 0.6 is 0 Å². The van der Waals surface area contributed by atoms with Crippen LogP contribution in [0.4, 0.5) is 4.39 Å². The SMILES string of the molecule is Cc1ccc(S(=O)(=O)NC2CCCC2)c(C)c1C(=O)N1CCC(CCN2[C@@H]3CC[C@H]2CC(n2c(C)nc4ccccc42)C3)(c2cccc(F)c2)CC1. The summed E-state index contributed by atoms with van der Waals surface area (Å²) >= 11 is 0. The number of likely N-dealkylation sites (tertiary alicyclic amines) is 1. The number of hydrogen-bond acceptors (Lipinski definition) is 5. The van der Waals surface area contributed by atoms with E-state index in [0.29, 0.717) is 42.3 Å². The number of rotatable bonds is 9. The molecule has 276 valence electrons. The minimum atomic E-state index is -3.75. The minimum Gasteiger partial charge on any atom is -0.339 e. The van der Waals surface area contributed by atoms with Crippen LogP contribution in [0.25, 0.3) is 11.0 Å². The van der Waals surface area contributed by atoms with E-state index in [1.165, 1.54) is 24.4 Å². The van der Waals surface area contributed by atoms with Gasteiger partial charge in [0.25, 0.3) is 5.91 Å². The molecule has 2 bridgehead atoms. The van der Waals surface area contributed by atoms with Crippen LogP contribution in [-0.2, 0) is 15.4 Å². The number of fused-ring (bicyclic) bond motifs is 3. The molecular weight excluding hydrogens is 674 g/mol. The first kappa shape index (κ1) is 35.4. The van der Waals surface area contributed by atoms with E-state index in [1.54, 1.807) is 25.1 Å². The van der Waals surface area contributed by atoms with Crippen molar-refractivity contribution in [1.82, 2.24) is 24.1 Å². The third-order valence-corrected chi connectivity index (χ3v) is 14.8. The van der Waals surface area contributed by atoms with Crippen molar-refractivity contribution >= 4 is 27.0 Å². The van der Waals surface area contributed by atoms with Gasteiger partial charge < -0.3 is 9.47 Å². The van der Waals surface area contributed by atoms with Gasteiger partial charge in [0.2, 0.25) is 10.0 Å². The van der Waals surface area contributed by atoms with Crippen LogP contribution in [0, 0.1) is 26.6 Å². The lowest BCUT2D eigenvalue weighted by atomic mass is 9.70. The van der Waals surface area contributed by atoms with Gasteiger partial charge in [0.15, 0.2) is 0 Å². The smallest absolute Gasteiger partial charge is 0.254 e. The Morgan fingerprint density at radius 2 is 1.62 bits per heavy atom. The normalized spacial score (nSPS) is 23.8. The van der Waals surface area contributed by atoms with Crippen molar-refractivity contribution in [2.45, 2.75) is 126 Å². The lowest BCUT2D eigenvalue weighted by Crippen LogP contribution is -2.49. The summed E-state index contributed by atoms with van der Waals surface area (Å²) in [5.74, 6) is 0.739. The van der Waals surface area contributed by atoms with Crippen LogP contribution in [0.1, 0.15) is 110 Å². The molecule has 3 aliphatic heterocycles. The number of carbonyl (C=O) groups excluding carboxylic acids is 1. The second kappa shape index (κ2) is 14.0. The lowest BCUT2D eigenvalue weighted by molar-refractivity contribution is 0.0605. The molecule has 4 aromatic rings. The molecule has 1 amide bonds. The highest BCUT2D eigenvalue weighted by Gasteiger charge is 2.44. The molecule has 3 aromatic carbocycles. The quantitative estimate of drug-likeness (QED) is 0.191. The number of benzene rings is 3. The van der Waals surface area contributed by atoms with Gasteiger partial charge in [-0.15, -0.1) is 0 Å². The maximum absolute atomic E-state index is 14.8. The second-order valence-corrected chi connectivity index (χ2v) is 17.8. The summed E-state index contributed by atoms with van der Waals surface area (Å²) in [6.45, 7) is 7.79. The zero-order valence-corrected chi connectivity index (χ0v) is 31.6. The van der Waals surface area contributed by atoms with Gasteiger partial charge in [0, 0.05) is 42.8 Å². The Morgan fingerprint density at radius 3 is 2.33 bits per heavy atom. The van der Waals surface area contributed by atoms with Crippen molar-refractivity contribution in [2.24, 2.45) is 0 Å². The van der Waals surface area contributed by atoms with Gasteiger partial charge in [0.1, 0.15) is 11.6 Å². The van der Waals surface area contributed by atoms with E-state index in [4.69, 9.17) is 4.98 Å². The number of aryl methyl sites for hydroxylation is 2. The number of para-hydroxylation sites is 2. The van der Waals surface area contributed by atoms with E-state index >= 15 is 0 Å². The zero-order chi connectivity index (χ0) is 36.2. The predicted octanol–water partition coefficient (Wildman–Crippen LogP) is 7.75. The molecule has 4 aliphatic rings.